The van der Waals surface area contributed by atoms with Gasteiger partial charge in [-0.2, -0.15) is 0 Å². The molecule has 3 N–H and O–H groups in total. The van der Waals surface area contributed by atoms with Crippen LogP contribution in [0.1, 0.15) is 59.3 Å². The smallest absolute Gasteiger partial charge is 0.0636 e. The summed E-state index contributed by atoms with van der Waals surface area (Å²) < 4.78 is 0. The maximum Gasteiger partial charge on any atom is 0.0636 e. The zero-order valence-corrected chi connectivity index (χ0v) is 11.2. The molecule has 1 saturated carbocycles. The van der Waals surface area contributed by atoms with Gasteiger partial charge in [0.1, 0.15) is 0 Å². The maximum absolute atomic E-state index is 10.6. The topological polar surface area (TPSA) is 46.2 Å². The van der Waals surface area contributed by atoms with Crippen LogP contribution in [0, 0.1) is 17.3 Å². The van der Waals surface area contributed by atoms with E-state index in [-0.39, 0.29) is 11.5 Å². The van der Waals surface area contributed by atoms with Crippen molar-refractivity contribution in [3.8, 4) is 0 Å². The Morgan fingerprint density at radius 1 is 1.31 bits per heavy atom. The van der Waals surface area contributed by atoms with Crippen LogP contribution >= 0.6 is 0 Å². The molecule has 0 aromatic heterocycles. The van der Waals surface area contributed by atoms with Gasteiger partial charge in [-0.15, -0.1) is 0 Å². The first-order valence-electron chi connectivity index (χ1n) is 7.01. The van der Waals surface area contributed by atoms with Gasteiger partial charge in [-0.25, -0.2) is 0 Å². The Balaban J connectivity index is 2.72. The van der Waals surface area contributed by atoms with Crippen molar-refractivity contribution in [1.29, 1.82) is 0 Å². The van der Waals surface area contributed by atoms with E-state index in [1.54, 1.807) is 0 Å². The highest BCUT2D eigenvalue weighted by atomic mass is 16.3. The normalized spacial score (nSPS) is 32.2. The summed E-state index contributed by atoms with van der Waals surface area (Å²) in [5, 5.41) is 10.6. The molecule has 1 fully saturated rings. The van der Waals surface area contributed by atoms with Gasteiger partial charge in [0.25, 0.3) is 0 Å². The fourth-order valence-corrected chi connectivity index (χ4v) is 3.43. The molecular weight excluding hydrogens is 198 g/mol. The molecule has 0 aromatic carbocycles. The minimum Gasteiger partial charge on any atom is -0.392 e. The highest BCUT2D eigenvalue weighted by Gasteiger charge is 2.44. The summed E-state index contributed by atoms with van der Waals surface area (Å²) in [5.41, 5.74) is 6.00. The van der Waals surface area contributed by atoms with Gasteiger partial charge in [0.15, 0.2) is 0 Å². The molecule has 96 valence electrons. The highest BCUT2D eigenvalue weighted by molar-refractivity contribution is 4.96. The molecule has 0 aliphatic heterocycles. The van der Waals surface area contributed by atoms with Crippen LogP contribution < -0.4 is 5.73 Å². The quantitative estimate of drug-likeness (QED) is 0.733. The monoisotopic (exact) mass is 227 g/mol. The fraction of sp³-hybridized carbons (Fsp3) is 1.00. The molecule has 16 heavy (non-hydrogen) atoms. The van der Waals surface area contributed by atoms with E-state index in [4.69, 9.17) is 5.73 Å². The van der Waals surface area contributed by atoms with Gasteiger partial charge in [0, 0.05) is 12.0 Å². The summed E-state index contributed by atoms with van der Waals surface area (Å²) in [4.78, 5) is 0. The molecule has 1 rings (SSSR count). The first-order chi connectivity index (χ1) is 7.63. The molecule has 1 aliphatic rings. The summed E-state index contributed by atoms with van der Waals surface area (Å²) in [7, 11) is 0. The van der Waals surface area contributed by atoms with Gasteiger partial charge >= 0.3 is 0 Å². The van der Waals surface area contributed by atoms with Gasteiger partial charge in [-0.3, -0.25) is 0 Å². The van der Waals surface area contributed by atoms with E-state index in [0.29, 0.717) is 12.5 Å². The zero-order valence-electron chi connectivity index (χ0n) is 11.2. The number of hydrogen-bond acceptors (Lipinski definition) is 2. The van der Waals surface area contributed by atoms with Crippen LogP contribution in [0.15, 0.2) is 0 Å². The van der Waals surface area contributed by atoms with Crippen LogP contribution in [-0.2, 0) is 0 Å². The van der Waals surface area contributed by atoms with Crippen LogP contribution in [0.25, 0.3) is 0 Å². The van der Waals surface area contributed by atoms with E-state index in [1.807, 2.05) is 0 Å². The van der Waals surface area contributed by atoms with Gasteiger partial charge in [0.05, 0.1) is 6.10 Å². The third kappa shape index (κ3) is 2.60. The molecule has 3 unspecified atom stereocenters. The average Bonchev–Trinajstić information content (AvgIpc) is 2.75. The Labute approximate surface area is 101 Å². The lowest BCUT2D eigenvalue weighted by Crippen LogP contribution is -2.44. The van der Waals surface area contributed by atoms with Crippen LogP contribution in [0.3, 0.4) is 0 Å². The van der Waals surface area contributed by atoms with Crippen LogP contribution in [0.5, 0.6) is 0 Å². The standard InChI is InChI=1S/C14H29NO/c1-4-11-7-8-14(9-11,10-15)13(16)12(5-2)6-3/h11-13,16H,4-10,15H2,1-3H3. The van der Waals surface area contributed by atoms with Crippen molar-refractivity contribution < 1.29 is 5.11 Å². The van der Waals surface area contributed by atoms with E-state index < -0.39 is 0 Å². The van der Waals surface area contributed by atoms with Gasteiger partial charge < -0.3 is 10.8 Å². The number of rotatable bonds is 6. The van der Waals surface area contributed by atoms with Crippen molar-refractivity contribution in [2.45, 2.75) is 65.4 Å². The SMILES string of the molecule is CCC1CCC(CN)(C(O)C(CC)CC)C1. The fourth-order valence-electron chi connectivity index (χ4n) is 3.43. The second-order valence-corrected chi connectivity index (χ2v) is 5.60. The highest BCUT2D eigenvalue weighted by Crippen LogP contribution is 2.47. The lowest BCUT2D eigenvalue weighted by molar-refractivity contribution is -0.0165. The van der Waals surface area contributed by atoms with Gasteiger partial charge in [-0.05, 0) is 31.1 Å². The molecule has 2 heteroatoms. The van der Waals surface area contributed by atoms with Crippen molar-refractivity contribution >= 4 is 0 Å². The predicted molar refractivity (Wildman–Crippen MR) is 69.2 cm³/mol. The van der Waals surface area contributed by atoms with E-state index in [9.17, 15) is 5.11 Å². The lowest BCUT2D eigenvalue weighted by Gasteiger charge is -2.38. The minimum absolute atomic E-state index is 0.0252. The predicted octanol–water partition coefficient (Wildman–Crippen LogP) is 2.94. The maximum atomic E-state index is 10.6. The second kappa shape index (κ2) is 6.02. The van der Waals surface area contributed by atoms with Crippen molar-refractivity contribution in [3.05, 3.63) is 0 Å². The molecular formula is C14H29NO. The van der Waals surface area contributed by atoms with Gasteiger partial charge in [-0.1, -0.05) is 40.0 Å². The number of aliphatic hydroxyl groups excluding tert-OH is 1. The Hall–Kier alpha value is -0.0800. The third-order valence-electron chi connectivity index (χ3n) is 4.85. The largest absolute Gasteiger partial charge is 0.392 e. The summed E-state index contributed by atoms with van der Waals surface area (Å²) in [6.45, 7) is 7.25. The zero-order chi connectivity index (χ0) is 12.2. The molecule has 1 aliphatic carbocycles. The first kappa shape index (κ1) is 14.0. The van der Waals surface area contributed by atoms with E-state index in [0.717, 1.165) is 31.6 Å². The van der Waals surface area contributed by atoms with Crippen LogP contribution in [-0.4, -0.2) is 17.8 Å². The average molecular weight is 227 g/mol. The molecule has 0 heterocycles. The summed E-state index contributed by atoms with van der Waals surface area (Å²) in [6, 6.07) is 0. The van der Waals surface area contributed by atoms with Crippen molar-refractivity contribution in [2.75, 3.05) is 6.54 Å². The number of aliphatic hydroxyl groups is 1. The number of nitrogens with two attached hydrogens (primary N) is 1. The molecule has 0 radical (unpaired) electrons. The summed E-state index contributed by atoms with van der Waals surface area (Å²) in [5.74, 6) is 1.21. The van der Waals surface area contributed by atoms with E-state index in [2.05, 4.69) is 20.8 Å². The number of hydrogen-bond donors (Lipinski definition) is 2. The molecule has 0 spiro atoms. The molecule has 0 bridgehead atoms. The third-order valence-corrected chi connectivity index (χ3v) is 4.85. The lowest BCUT2D eigenvalue weighted by atomic mass is 9.73. The van der Waals surface area contributed by atoms with Crippen molar-refractivity contribution in [3.63, 3.8) is 0 Å². The molecule has 0 aromatic rings. The molecule has 3 atom stereocenters. The summed E-state index contributed by atoms with van der Waals surface area (Å²) in [6.07, 6.45) is 6.69. The molecule has 0 amide bonds. The Kier molecular flexibility index (Phi) is 5.26. The Morgan fingerprint density at radius 3 is 2.31 bits per heavy atom. The molecule has 0 saturated heterocycles. The second-order valence-electron chi connectivity index (χ2n) is 5.60. The minimum atomic E-state index is -0.191. The van der Waals surface area contributed by atoms with Crippen LogP contribution in [0.4, 0.5) is 0 Å². The van der Waals surface area contributed by atoms with Crippen molar-refractivity contribution in [1.82, 2.24) is 0 Å². The first-order valence-corrected chi connectivity index (χ1v) is 7.01. The van der Waals surface area contributed by atoms with Gasteiger partial charge in [0.2, 0.25) is 0 Å². The van der Waals surface area contributed by atoms with E-state index in [1.165, 1.54) is 12.8 Å². The van der Waals surface area contributed by atoms with Crippen molar-refractivity contribution in [2.24, 2.45) is 23.0 Å². The Bertz CT molecular complexity index is 203. The molecule has 2 nitrogen and oxygen atoms in total. The van der Waals surface area contributed by atoms with E-state index >= 15 is 0 Å². The van der Waals surface area contributed by atoms with Crippen LogP contribution in [0.2, 0.25) is 0 Å². The summed E-state index contributed by atoms with van der Waals surface area (Å²) >= 11 is 0. The Morgan fingerprint density at radius 2 is 1.94 bits per heavy atom.